The lowest BCUT2D eigenvalue weighted by molar-refractivity contribution is 0.282. The maximum absolute atomic E-state index is 5.92. The average molecular weight is 415 g/mol. The van der Waals surface area contributed by atoms with Crippen molar-refractivity contribution in [3.8, 4) is 11.5 Å². The SMILES string of the molecule is CNCc1cc(Br)c(OCc2cccc(Br)c2)c(OC)c1. The van der Waals surface area contributed by atoms with E-state index in [1.807, 2.05) is 43.4 Å². The summed E-state index contributed by atoms with van der Waals surface area (Å²) in [6.45, 7) is 1.26. The van der Waals surface area contributed by atoms with E-state index in [1.165, 1.54) is 0 Å². The Labute approximate surface area is 141 Å². The van der Waals surface area contributed by atoms with Crippen molar-refractivity contribution in [1.82, 2.24) is 5.32 Å². The standard InChI is InChI=1S/C16H17Br2NO2/c1-19-9-12-7-14(18)16(15(8-12)20-2)21-10-11-4-3-5-13(17)6-11/h3-8,19H,9-10H2,1-2H3. The van der Waals surface area contributed by atoms with Crippen molar-refractivity contribution < 1.29 is 9.47 Å². The molecule has 0 aliphatic rings. The van der Waals surface area contributed by atoms with Crippen LogP contribution in [0.1, 0.15) is 11.1 Å². The first-order valence-corrected chi connectivity index (χ1v) is 8.11. The fourth-order valence-electron chi connectivity index (χ4n) is 2.00. The highest BCUT2D eigenvalue weighted by molar-refractivity contribution is 9.10. The Balaban J connectivity index is 2.19. The fraction of sp³-hybridized carbons (Fsp3) is 0.250. The Bertz CT molecular complexity index is 617. The molecule has 0 radical (unpaired) electrons. The van der Waals surface area contributed by atoms with Gasteiger partial charge in [0.25, 0.3) is 0 Å². The van der Waals surface area contributed by atoms with Crippen molar-refractivity contribution >= 4 is 31.9 Å². The van der Waals surface area contributed by atoms with Crippen molar-refractivity contribution in [2.75, 3.05) is 14.2 Å². The summed E-state index contributed by atoms with van der Waals surface area (Å²) in [5.41, 5.74) is 2.23. The lowest BCUT2D eigenvalue weighted by Gasteiger charge is -2.14. The van der Waals surface area contributed by atoms with Crippen LogP contribution in [0.25, 0.3) is 0 Å². The summed E-state index contributed by atoms with van der Waals surface area (Å²) in [5, 5.41) is 3.12. The zero-order chi connectivity index (χ0) is 15.2. The normalized spacial score (nSPS) is 10.5. The summed E-state index contributed by atoms with van der Waals surface area (Å²) in [6, 6.07) is 12.1. The second-order valence-electron chi connectivity index (χ2n) is 4.56. The van der Waals surface area contributed by atoms with Gasteiger partial charge in [-0.2, -0.15) is 0 Å². The molecule has 1 N–H and O–H groups in total. The maximum Gasteiger partial charge on any atom is 0.175 e. The van der Waals surface area contributed by atoms with Crippen LogP contribution in [0.4, 0.5) is 0 Å². The first kappa shape index (κ1) is 16.3. The van der Waals surface area contributed by atoms with Crippen LogP contribution in [0.3, 0.4) is 0 Å². The molecule has 0 fully saturated rings. The van der Waals surface area contributed by atoms with Gasteiger partial charge in [0.15, 0.2) is 11.5 Å². The number of benzene rings is 2. The van der Waals surface area contributed by atoms with E-state index in [0.29, 0.717) is 6.61 Å². The monoisotopic (exact) mass is 413 g/mol. The first-order chi connectivity index (χ1) is 10.1. The van der Waals surface area contributed by atoms with E-state index in [2.05, 4.69) is 37.2 Å². The molecule has 0 atom stereocenters. The highest BCUT2D eigenvalue weighted by atomic mass is 79.9. The van der Waals surface area contributed by atoms with Gasteiger partial charge in [-0.1, -0.05) is 28.1 Å². The zero-order valence-electron chi connectivity index (χ0n) is 12.0. The minimum atomic E-state index is 0.486. The second kappa shape index (κ2) is 7.82. The minimum absolute atomic E-state index is 0.486. The molecule has 3 nitrogen and oxygen atoms in total. The van der Waals surface area contributed by atoms with Gasteiger partial charge >= 0.3 is 0 Å². The highest BCUT2D eigenvalue weighted by Gasteiger charge is 2.12. The molecular weight excluding hydrogens is 398 g/mol. The van der Waals surface area contributed by atoms with E-state index < -0.39 is 0 Å². The summed E-state index contributed by atoms with van der Waals surface area (Å²) < 4.78 is 13.3. The minimum Gasteiger partial charge on any atom is -0.493 e. The lowest BCUT2D eigenvalue weighted by atomic mass is 10.2. The molecule has 0 saturated carbocycles. The molecule has 0 aliphatic carbocycles. The molecule has 2 aromatic rings. The Morgan fingerprint density at radius 2 is 1.90 bits per heavy atom. The third kappa shape index (κ3) is 4.46. The quantitative estimate of drug-likeness (QED) is 0.753. The summed E-state index contributed by atoms with van der Waals surface area (Å²) in [4.78, 5) is 0. The van der Waals surface area contributed by atoms with E-state index in [4.69, 9.17) is 9.47 Å². The molecule has 5 heteroatoms. The van der Waals surface area contributed by atoms with E-state index in [0.717, 1.165) is 38.1 Å². The van der Waals surface area contributed by atoms with Crippen LogP contribution in [0, 0.1) is 0 Å². The van der Waals surface area contributed by atoms with Gasteiger partial charge in [-0.25, -0.2) is 0 Å². The van der Waals surface area contributed by atoms with Crippen LogP contribution in [0.15, 0.2) is 45.3 Å². The Morgan fingerprint density at radius 3 is 2.57 bits per heavy atom. The largest absolute Gasteiger partial charge is 0.493 e. The molecule has 0 saturated heterocycles. The van der Waals surface area contributed by atoms with Gasteiger partial charge in [-0.05, 0) is 58.4 Å². The van der Waals surface area contributed by atoms with E-state index in [9.17, 15) is 0 Å². The Morgan fingerprint density at radius 1 is 1.10 bits per heavy atom. The number of nitrogens with one attached hydrogen (secondary N) is 1. The molecule has 0 aliphatic heterocycles. The molecular formula is C16H17Br2NO2. The van der Waals surface area contributed by atoms with Crippen molar-refractivity contribution in [2.45, 2.75) is 13.2 Å². The van der Waals surface area contributed by atoms with Gasteiger partial charge in [0.2, 0.25) is 0 Å². The molecule has 0 spiro atoms. The molecule has 0 aromatic heterocycles. The first-order valence-electron chi connectivity index (χ1n) is 6.52. The molecule has 2 aromatic carbocycles. The lowest BCUT2D eigenvalue weighted by Crippen LogP contribution is -2.06. The van der Waals surface area contributed by atoms with Gasteiger partial charge in [-0.15, -0.1) is 0 Å². The van der Waals surface area contributed by atoms with E-state index in [-0.39, 0.29) is 0 Å². The number of methoxy groups -OCH3 is 1. The van der Waals surface area contributed by atoms with Crippen LogP contribution in [-0.4, -0.2) is 14.2 Å². The smallest absolute Gasteiger partial charge is 0.175 e. The molecule has 112 valence electrons. The van der Waals surface area contributed by atoms with E-state index >= 15 is 0 Å². The van der Waals surface area contributed by atoms with Crippen LogP contribution in [0.2, 0.25) is 0 Å². The molecule has 0 bridgehead atoms. The van der Waals surface area contributed by atoms with E-state index in [1.54, 1.807) is 7.11 Å². The fourth-order valence-corrected chi connectivity index (χ4v) is 3.05. The zero-order valence-corrected chi connectivity index (χ0v) is 15.1. The number of rotatable bonds is 6. The molecule has 0 heterocycles. The summed E-state index contributed by atoms with van der Waals surface area (Å²) >= 11 is 7.02. The molecule has 2 rings (SSSR count). The third-order valence-electron chi connectivity index (χ3n) is 2.94. The van der Waals surface area contributed by atoms with Crippen molar-refractivity contribution in [3.63, 3.8) is 0 Å². The third-order valence-corrected chi connectivity index (χ3v) is 4.02. The average Bonchev–Trinajstić information content (AvgIpc) is 2.46. The van der Waals surface area contributed by atoms with Gasteiger partial charge in [0.1, 0.15) is 6.61 Å². The van der Waals surface area contributed by atoms with Gasteiger partial charge in [0, 0.05) is 11.0 Å². The molecule has 21 heavy (non-hydrogen) atoms. The molecule has 0 amide bonds. The van der Waals surface area contributed by atoms with Gasteiger partial charge in [0.05, 0.1) is 11.6 Å². The second-order valence-corrected chi connectivity index (χ2v) is 6.33. The van der Waals surface area contributed by atoms with Gasteiger partial charge in [-0.3, -0.25) is 0 Å². The Hall–Kier alpha value is -1.04. The predicted molar refractivity (Wildman–Crippen MR) is 91.9 cm³/mol. The highest BCUT2D eigenvalue weighted by Crippen LogP contribution is 2.37. The number of halogens is 2. The van der Waals surface area contributed by atoms with Crippen LogP contribution in [0.5, 0.6) is 11.5 Å². The van der Waals surface area contributed by atoms with Crippen molar-refractivity contribution in [2.24, 2.45) is 0 Å². The summed E-state index contributed by atoms with van der Waals surface area (Å²) in [5.74, 6) is 1.45. The Kier molecular flexibility index (Phi) is 6.08. The van der Waals surface area contributed by atoms with Gasteiger partial charge < -0.3 is 14.8 Å². The molecule has 0 unspecified atom stereocenters. The number of hydrogen-bond donors (Lipinski definition) is 1. The summed E-state index contributed by atoms with van der Waals surface area (Å²) in [7, 11) is 3.56. The topological polar surface area (TPSA) is 30.5 Å². The van der Waals surface area contributed by atoms with Crippen LogP contribution in [-0.2, 0) is 13.2 Å². The van der Waals surface area contributed by atoms with Crippen LogP contribution >= 0.6 is 31.9 Å². The number of hydrogen-bond acceptors (Lipinski definition) is 3. The predicted octanol–water partition coefficient (Wildman–Crippen LogP) is 4.52. The van der Waals surface area contributed by atoms with Crippen molar-refractivity contribution in [1.29, 1.82) is 0 Å². The van der Waals surface area contributed by atoms with Crippen molar-refractivity contribution in [3.05, 3.63) is 56.5 Å². The summed E-state index contributed by atoms with van der Waals surface area (Å²) in [6.07, 6.45) is 0. The van der Waals surface area contributed by atoms with Crippen LogP contribution < -0.4 is 14.8 Å². The number of ether oxygens (including phenoxy) is 2. The maximum atomic E-state index is 5.92.